The minimum absolute atomic E-state index is 1.18. The van der Waals surface area contributed by atoms with Crippen LogP contribution in [-0.2, 0) is 0 Å². The lowest BCUT2D eigenvalue weighted by Gasteiger charge is -1.99. The number of aliphatic imine (C=N–C) groups is 1. The van der Waals surface area contributed by atoms with Gasteiger partial charge in [-0.25, -0.2) is 0 Å². The van der Waals surface area contributed by atoms with Crippen molar-refractivity contribution in [1.29, 1.82) is 0 Å². The summed E-state index contributed by atoms with van der Waals surface area (Å²) >= 11 is 0. The minimum Gasteiger partial charge on any atom is -0.296 e. The molecule has 58 valence electrons. The standard InChI is InChI=1S/C10H13N/c1-8-4-5-10(7-11-3)6-9(8)2/h4-7H,1-3H3. The Labute approximate surface area is 67.8 Å². The number of rotatable bonds is 1. The van der Waals surface area contributed by atoms with Gasteiger partial charge in [0.1, 0.15) is 0 Å². The fourth-order valence-electron chi connectivity index (χ4n) is 0.994. The maximum atomic E-state index is 3.95. The van der Waals surface area contributed by atoms with Crippen LogP contribution in [0.1, 0.15) is 16.7 Å². The van der Waals surface area contributed by atoms with Gasteiger partial charge in [-0.05, 0) is 30.5 Å². The molecule has 0 amide bonds. The van der Waals surface area contributed by atoms with Gasteiger partial charge in [-0.2, -0.15) is 0 Å². The first-order valence-corrected chi connectivity index (χ1v) is 3.73. The fourth-order valence-corrected chi connectivity index (χ4v) is 0.994. The van der Waals surface area contributed by atoms with E-state index >= 15 is 0 Å². The highest BCUT2D eigenvalue weighted by Gasteiger charge is 1.91. The molecule has 1 rings (SSSR count). The Balaban J connectivity index is 3.05. The van der Waals surface area contributed by atoms with E-state index < -0.39 is 0 Å². The minimum atomic E-state index is 1.18. The molecule has 1 heteroatoms. The van der Waals surface area contributed by atoms with Crippen molar-refractivity contribution in [3.05, 3.63) is 34.9 Å². The normalized spacial score (nSPS) is 10.8. The Morgan fingerprint density at radius 3 is 2.45 bits per heavy atom. The molecule has 0 unspecified atom stereocenters. The van der Waals surface area contributed by atoms with E-state index in [-0.39, 0.29) is 0 Å². The SMILES string of the molecule is CN=Cc1ccc(C)c(C)c1. The second-order valence-electron chi connectivity index (χ2n) is 2.73. The lowest BCUT2D eigenvalue weighted by atomic mass is 10.1. The van der Waals surface area contributed by atoms with Crippen LogP contribution in [0.25, 0.3) is 0 Å². The number of hydrogen-bond acceptors (Lipinski definition) is 1. The summed E-state index contributed by atoms with van der Waals surface area (Å²) in [5.41, 5.74) is 3.83. The van der Waals surface area contributed by atoms with Gasteiger partial charge in [0.05, 0.1) is 0 Å². The quantitative estimate of drug-likeness (QED) is 0.541. The number of hydrogen-bond donors (Lipinski definition) is 0. The predicted octanol–water partition coefficient (Wildman–Crippen LogP) is 2.35. The van der Waals surface area contributed by atoms with Gasteiger partial charge < -0.3 is 0 Å². The smallest absolute Gasteiger partial charge is 0.0281 e. The Morgan fingerprint density at radius 1 is 1.18 bits per heavy atom. The van der Waals surface area contributed by atoms with Gasteiger partial charge in [-0.15, -0.1) is 0 Å². The molecule has 0 aliphatic carbocycles. The van der Waals surface area contributed by atoms with Gasteiger partial charge in [0.25, 0.3) is 0 Å². The highest BCUT2D eigenvalue weighted by atomic mass is 14.6. The molecule has 1 aromatic carbocycles. The van der Waals surface area contributed by atoms with E-state index in [0.29, 0.717) is 0 Å². The molecule has 0 radical (unpaired) electrons. The Hall–Kier alpha value is -1.11. The largest absolute Gasteiger partial charge is 0.296 e. The van der Waals surface area contributed by atoms with Gasteiger partial charge in [-0.3, -0.25) is 4.99 Å². The zero-order valence-electron chi connectivity index (χ0n) is 7.26. The summed E-state index contributed by atoms with van der Waals surface area (Å²) in [6, 6.07) is 6.34. The van der Waals surface area contributed by atoms with Crippen LogP contribution in [0, 0.1) is 13.8 Å². The molecule has 0 aromatic heterocycles. The molecule has 0 spiro atoms. The molecule has 0 bridgehead atoms. The van der Waals surface area contributed by atoms with E-state index in [1.165, 1.54) is 16.7 Å². The van der Waals surface area contributed by atoms with E-state index in [9.17, 15) is 0 Å². The van der Waals surface area contributed by atoms with Crippen molar-refractivity contribution < 1.29 is 0 Å². The first-order valence-electron chi connectivity index (χ1n) is 3.73. The van der Waals surface area contributed by atoms with E-state index in [0.717, 1.165) is 0 Å². The van der Waals surface area contributed by atoms with Crippen molar-refractivity contribution >= 4 is 6.21 Å². The third-order valence-electron chi connectivity index (χ3n) is 1.81. The summed E-state index contributed by atoms with van der Waals surface area (Å²) < 4.78 is 0. The molecule has 0 aliphatic heterocycles. The summed E-state index contributed by atoms with van der Waals surface area (Å²) in [4.78, 5) is 3.95. The van der Waals surface area contributed by atoms with Crippen molar-refractivity contribution in [3.63, 3.8) is 0 Å². The average Bonchev–Trinajstić information content (AvgIpc) is 1.98. The first-order chi connectivity index (χ1) is 5.24. The molecule has 0 N–H and O–H groups in total. The topological polar surface area (TPSA) is 12.4 Å². The van der Waals surface area contributed by atoms with Crippen molar-refractivity contribution in [1.82, 2.24) is 0 Å². The highest BCUT2D eigenvalue weighted by molar-refractivity contribution is 5.79. The zero-order chi connectivity index (χ0) is 8.27. The lowest BCUT2D eigenvalue weighted by Crippen LogP contribution is -1.85. The summed E-state index contributed by atoms with van der Waals surface area (Å²) in [5, 5.41) is 0. The van der Waals surface area contributed by atoms with Crippen LogP contribution in [0.3, 0.4) is 0 Å². The number of benzene rings is 1. The first kappa shape index (κ1) is 7.99. The van der Waals surface area contributed by atoms with E-state index in [1.54, 1.807) is 7.05 Å². The van der Waals surface area contributed by atoms with Gasteiger partial charge >= 0.3 is 0 Å². The van der Waals surface area contributed by atoms with Gasteiger partial charge in [0, 0.05) is 13.3 Å². The second-order valence-corrected chi connectivity index (χ2v) is 2.73. The zero-order valence-corrected chi connectivity index (χ0v) is 7.26. The van der Waals surface area contributed by atoms with Crippen LogP contribution >= 0.6 is 0 Å². The third-order valence-corrected chi connectivity index (χ3v) is 1.81. The third kappa shape index (κ3) is 1.90. The molecular weight excluding hydrogens is 134 g/mol. The highest BCUT2D eigenvalue weighted by Crippen LogP contribution is 2.07. The molecule has 0 saturated carbocycles. The molecular formula is C10H13N. The average molecular weight is 147 g/mol. The summed E-state index contributed by atoms with van der Waals surface area (Å²) in [6.45, 7) is 4.23. The molecule has 0 saturated heterocycles. The van der Waals surface area contributed by atoms with Crippen LogP contribution in [-0.4, -0.2) is 13.3 Å². The van der Waals surface area contributed by atoms with Gasteiger partial charge in [0.15, 0.2) is 0 Å². The van der Waals surface area contributed by atoms with Gasteiger partial charge in [-0.1, -0.05) is 18.2 Å². The molecule has 0 atom stereocenters. The van der Waals surface area contributed by atoms with Crippen LogP contribution < -0.4 is 0 Å². The molecule has 1 aromatic rings. The fraction of sp³-hybridized carbons (Fsp3) is 0.300. The Bertz CT molecular complexity index is 274. The van der Waals surface area contributed by atoms with E-state index in [1.807, 2.05) is 6.21 Å². The Kier molecular flexibility index (Phi) is 2.42. The lowest BCUT2D eigenvalue weighted by molar-refractivity contribution is 1.33. The summed E-state index contributed by atoms with van der Waals surface area (Å²) in [5.74, 6) is 0. The van der Waals surface area contributed by atoms with Crippen molar-refractivity contribution in [3.8, 4) is 0 Å². The Morgan fingerprint density at radius 2 is 1.91 bits per heavy atom. The van der Waals surface area contributed by atoms with E-state index in [2.05, 4.69) is 37.0 Å². The maximum Gasteiger partial charge on any atom is 0.0281 e. The number of nitrogens with zero attached hydrogens (tertiary/aromatic N) is 1. The predicted molar refractivity (Wildman–Crippen MR) is 49.4 cm³/mol. The van der Waals surface area contributed by atoms with E-state index in [4.69, 9.17) is 0 Å². The molecule has 0 heterocycles. The van der Waals surface area contributed by atoms with Crippen LogP contribution in [0.15, 0.2) is 23.2 Å². The van der Waals surface area contributed by atoms with Crippen LogP contribution in [0.4, 0.5) is 0 Å². The van der Waals surface area contributed by atoms with Crippen molar-refractivity contribution in [2.45, 2.75) is 13.8 Å². The molecule has 0 fully saturated rings. The monoisotopic (exact) mass is 147 g/mol. The van der Waals surface area contributed by atoms with Crippen molar-refractivity contribution in [2.24, 2.45) is 4.99 Å². The van der Waals surface area contributed by atoms with Gasteiger partial charge in [0.2, 0.25) is 0 Å². The summed E-state index contributed by atoms with van der Waals surface area (Å²) in [7, 11) is 1.79. The van der Waals surface area contributed by atoms with Crippen LogP contribution in [0.5, 0.6) is 0 Å². The molecule has 0 aliphatic rings. The maximum absolute atomic E-state index is 3.95. The van der Waals surface area contributed by atoms with Crippen LogP contribution in [0.2, 0.25) is 0 Å². The number of aryl methyl sites for hydroxylation is 2. The molecule has 1 nitrogen and oxygen atoms in total. The second kappa shape index (κ2) is 3.33. The summed E-state index contributed by atoms with van der Waals surface area (Å²) in [6.07, 6.45) is 1.87. The molecule has 11 heavy (non-hydrogen) atoms. The van der Waals surface area contributed by atoms with Crippen molar-refractivity contribution in [2.75, 3.05) is 7.05 Å².